The molecule has 10 heteroatoms. The lowest BCUT2D eigenvalue weighted by molar-refractivity contribution is -0.376. The molecule has 3 rings (SSSR count). The van der Waals surface area contributed by atoms with Crippen molar-refractivity contribution in [2.45, 2.75) is 43.4 Å². The normalized spacial score (nSPS) is 17.0. The molecule has 0 aromatic heterocycles. The minimum Gasteiger partial charge on any atom is -0.490 e. The fourth-order valence-corrected chi connectivity index (χ4v) is 3.52. The Labute approximate surface area is 175 Å². The Balaban J connectivity index is 1.59. The molecule has 1 aliphatic heterocycles. The highest BCUT2D eigenvalue weighted by Crippen LogP contribution is 2.49. The quantitative estimate of drug-likeness (QED) is 0.518. The van der Waals surface area contributed by atoms with Crippen molar-refractivity contribution in [3.63, 3.8) is 0 Å². The number of nitrogens with two attached hydrogens (primary N) is 1. The zero-order valence-electron chi connectivity index (χ0n) is 16.4. The van der Waals surface area contributed by atoms with Crippen LogP contribution in [0.2, 0.25) is 0 Å². The molecular formula is C21H22F6N2O2. The number of halogens is 6. The van der Waals surface area contributed by atoms with E-state index >= 15 is 0 Å². The Hall–Kier alpha value is -2.46. The summed E-state index contributed by atoms with van der Waals surface area (Å²) in [6.45, 7) is 1.69. The Morgan fingerprint density at radius 3 is 1.87 bits per heavy atom. The average molecular weight is 448 g/mol. The lowest BCUT2D eigenvalue weighted by Crippen LogP contribution is -2.53. The highest BCUT2D eigenvalue weighted by atomic mass is 19.4. The third-order valence-electron chi connectivity index (χ3n) is 5.32. The maximum absolute atomic E-state index is 13.0. The number of nitrogens with zero attached hydrogens (tertiary/aromatic N) is 1. The van der Waals surface area contributed by atoms with Gasteiger partial charge >= 0.3 is 12.4 Å². The van der Waals surface area contributed by atoms with E-state index in [9.17, 15) is 31.4 Å². The summed E-state index contributed by atoms with van der Waals surface area (Å²) in [4.78, 5) is 2.04. The number of piperidine rings is 1. The van der Waals surface area contributed by atoms with Crippen LogP contribution >= 0.6 is 0 Å². The summed E-state index contributed by atoms with van der Waals surface area (Å²) in [6.07, 6.45) is -10.3. The van der Waals surface area contributed by atoms with Crippen LogP contribution in [0.15, 0.2) is 48.5 Å². The zero-order chi connectivity index (χ0) is 22.9. The number of nitrogen functional groups attached to an aromatic ring is 1. The lowest BCUT2D eigenvalue weighted by Gasteiger charge is -2.33. The Morgan fingerprint density at radius 1 is 0.871 bits per heavy atom. The number of alkyl halides is 6. The molecule has 0 aliphatic carbocycles. The van der Waals surface area contributed by atoms with Crippen molar-refractivity contribution in [2.75, 3.05) is 18.8 Å². The molecule has 2 aromatic carbocycles. The summed E-state index contributed by atoms with van der Waals surface area (Å²) in [5, 5.41) is 9.45. The fourth-order valence-electron chi connectivity index (χ4n) is 3.52. The number of hydrogen-bond acceptors (Lipinski definition) is 4. The van der Waals surface area contributed by atoms with Crippen molar-refractivity contribution in [2.24, 2.45) is 0 Å². The van der Waals surface area contributed by atoms with Crippen LogP contribution in [-0.2, 0) is 12.1 Å². The van der Waals surface area contributed by atoms with Gasteiger partial charge in [-0.1, -0.05) is 24.3 Å². The molecule has 170 valence electrons. The first-order chi connectivity index (χ1) is 14.4. The number of aliphatic hydroxyl groups is 1. The van der Waals surface area contributed by atoms with Crippen molar-refractivity contribution in [1.29, 1.82) is 0 Å². The van der Waals surface area contributed by atoms with E-state index in [0.29, 0.717) is 48.8 Å². The second-order valence-electron chi connectivity index (χ2n) is 7.57. The van der Waals surface area contributed by atoms with Crippen LogP contribution in [0.1, 0.15) is 24.0 Å². The topological polar surface area (TPSA) is 58.7 Å². The second kappa shape index (κ2) is 8.58. The molecular weight excluding hydrogens is 426 g/mol. The Kier molecular flexibility index (Phi) is 6.43. The number of benzene rings is 2. The molecule has 0 radical (unpaired) electrons. The SMILES string of the molecule is Nc1ccc(OC2CCN(Cc3ccc(C(O)(C(F)(F)F)C(F)(F)F)cc3)CC2)cc1. The van der Waals surface area contributed by atoms with Crippen LogP contribution < -0.4 is 10.5 Å². The minimum atomic E-state index is -5.89. The second-order valence-corrected chi connectivity index (χ2v) is 7.57. The highest BCUT2D eigenvalue weighted by Gasteiger charge is 2.71. The molecule has 0 unspecified atom stereocenters. The molecule has 1 fully saturated rings. The summed E-state index contributed by atoms with van der Waals surface area (Å²) in [5.74, 6) is 0.713. The van der Waals surface area contributed by atoms with Gasteiger partial charge in [0, 0.05) is 30.9 Å². The van der Waals surface area contributed by atoms with Gasteiger partial charge in [-0.05, 0) is 42.7 Å². The van der Waals surface area contributed by atoms with Gasteiger partial charge in [-0.25, -0.2) is 0 Å². The highest BCUT2D eigenvalue weighted by molar-refractivity contribution is 5.41. The van der Waals surface area contributed by atoms with E-state index in [1.165, 1.54) is 12.1 Å². The molecule has 0 atom stereocenters. The van der Waals surface area contributed by atoms with Gasteiger partial charge in [0.25, 0.3) is 5.60 Å². The number of rotatable bonds is 5. The first kappa shape index (κ1) is 23.2. The van der Waals surface area contributed by atoms with E-state index in [0.717, 1.165) is 12.8 Å². The Bertz CT molecular complexity index is 843. The van der Waals surface area contributed by atoms with E-state index in [4.69, 9.17) is 10.5 Å². The summed E-state index contributed by atoms with van der Waals surface area (Å²) < 4.78 is 83.8. The van der Waals surface area contributed by atoms with Gasteiger partial charge in [0.15, 0.2) is 0 Å². The standard InChI is InChI=1S/C21H22F6N2O2/c22-20(23,24)19(30,21(25,26)27)15-3-1-14(2-4-15)13-29-11-9-18(10-12-29)31-17-7-5-16(28)6-8-17/h1-8,18,30H,9-13,28H2. The molecule has 2 aromatic rings. The number of ether oxygens (including phenoxy) is 1. The van der Waals surface area contributed by atoms with Gasteiger partial charge in [0.1, 0.15) is 11.9 Å². The molecule has 1 aliphatic rings. The summed E-state index contributed by atoms with van der Waals surface area (Å²) in [7, 11) is 0. The summed E-state index contributed by atoms with van der Waals surface area (Å²) >= 11 is 0. The molecule has 0 bridgehead atoms. The molecule has 0 saturated carbocycles. The van der Waals surface area contributed by atoms with Crippen LogP contribution in [0.25, 0.3) is 0 Å². The van der Waals surface area contributed by atoms with Gasteiger partial charge < -0.3 is 15.6 Å². The van der Waals surface area contributed by atoms with E-state index in [-0.39, 0.29) is 6.10 Å². The van der Waals surface area contributed by atoms with Crippen molar-refractivity contribution in [3.05, 3.63) is 59.7 Å². The van der Waals surface area contributed by atoms with E-state index in [1.54, 1.807) is 24.3 Å². The number of likely N-dealkylation sites (tertiary alicyclic amines) is 1. The van der Waals surface area contributed by atoms with E-state index in [2.05, 4.69) is 0 Å². The maximum atomic E-state index is 13.0. The van der Waals surface area contributed by atoms with Crippen molar-refractivity contribution in [1.82, 2.24) is 4.90 Å². The number of anilines is 1. The smallest absolute Gasteiger partial charge is 0.430 e. The first-order valence-corrected chi connectivity index (χ1v) is 9.60. The molecule has 31 heavy (non-hydrogen) atoms. The van der Waals surface area contributed by atoms with Gasteiger partial charge in [0.05, 0.1) is 0 Å². The van der Waals surface area contributed by atoms with E-state index in [1.807, 2.05) is 4.90 Å². The van der Waals surface area contributed by atoms with Crippen LogP contribution in [0.4, 0.5) is 32.0 Å². The molecule has 4 nitrogen and oxygen atoms in total. The molecule has 0 amide bonds. The van der Waals surface area contributed by atoms with E-state index < -0.39 is 23.5 Å². The van der Waals surface area contributed by atoms with Crippen LogP contribution in [-0.4, -0.2) is 41.6 Å². The van der Waals surface area contributed by atoms with Gasteiger partial charge in [-0.15, -0.1) is 0 Å². The predicted molar refractivity (Wildman–Crippen MR) is 102 cm³/mol. The monoisotopic (exact) mass is 448 g/mol. The maximum Gasteiger partial charge on any atom is 0.430 e. The van der Waals surface area contributed by atoms with Crippen LogP contribution in [0.3, 0.4) is 0 Å². The zero-order valence-corrected chi connectivity index (χ0v) is 16.4. The molecule has 0 spiro atoms. The van der Waals surface area contributed by atoms with Crippen LogP contribution in [0.5, 0.6) is 5.75 Å². The van der Waals surface area contributed by atoms with Crippen molar-refractivity contribution < 1.29 is 36.2 Å². The average Bonchev–Trinajstić information content (AvgIpc) is 2.69. The Morgan fingerprint density at radius 2 is 1.39 bits per heavy atom. The van der Waals surface area contributed by atoms with Gasteiger partial charge in [-0.2, -0.15) is 26.3 Å². The number of hydrogen-bond donors (Lipinski definition) is 2. The lowest BCUT2D eigenvalue weighted by atomic mass is 9.91. The van der Waals surface area contributed by atoms with Gasteiger partial charge in [-0.3, -0.25) is 4.90 Å². The fraction of sp³-hybridized carbons (Fsp3) is 0.429. The third kappa shape index (κ3) is 5.07. The predicted octanol–water partition coefficient (Wildman–Crippen LogP) is 4.62. The van der Waals surface area contributed by atoms with Crippen molar-refractivity contribution in [3.8, 4) is 5.75 Å². The summed E-state index contributed by atoms with van der Waals surface area (Å²) in [6, 6.07) is 10.8. The van der Waals surface area contributed by atoms with Gasteiger partial charge in [0.2, 0.25) is 0 Å². The summed E-state index contributed by atoms with van der Waals surface area (Å²) in [5.41, 5.74) is 0.661. The van der Waals surface area contributed by atoms with Crippen LogP contribution in [0, 0.1) is 0 Å². The largest absolute Gasteiger partial charge is 0.490 e. The third-order valence-corrected chi connectivity index (χ3v) is 5.32. The minimum absolute atomic E-state index is 0.0100. The molecule has 1 heterocycles. The molecule has 1 saturated heterocycles. The first-order valence-electron chi connectivity index (χ1n) is 9.60. The van der Waals surface area contributed by atoms with Crippen molar-refractivity contribution >= 4 is 5.69 Å². The molecule has 3 N–H and O–H groups in total.